The molecule has 2 aliphatic rings. The first kappa shape index (κ1) is 25.8. The number of nitrogens with zero attached hydrogens (tertiary/aromatic N) is 2. The molecule has 0 atom stereocenters. The van der Waals surface area contributed by atoms with Crippen LogP contribution in [0.3, 0.4) is 0 Å². The van der Waals surface area contributed by atoms with Gasteiger partial charge in [-0.05, 0) is 42.4 Å². The number of hydrogen-bond acceptors (Lipinski definition) is 5. The van der Waals surface area contributed by atoms with Gasteiger partial charge in [0.2, 0.25) is 15.9 Å². The average molecular weight is 500 g/mol. The van der Waals surface area contributed by atoms with Crippen molar-refractivity contribution in [1.29, 1.82) is 0 Å². The normalized spacial score (nSPS) is 18.4. The summed E-state index contributed by atoms with van der Waals surface area (Å²) in [6.45, 7) is 5.68. The van der Waals surface area contributed by atoms with Gasteiger partial charge in [-0.15, -0.1) is 0 Å². The lowest BCUT2D eigenvalue weighted by molar-refractivity contribution is -0.126. The quantitative estimate of drug-likeness (QED) is 0.544. The molecule has 8 heteroatoms. The molecule has 35 heavy (non-hydrogen) atoms. The number of rotatable bonds is 10. The smallest absolute Gasteiger partial charge is 0.223 e. The van der Waals surface area contributed by atoms with Gasteiger partial charge in [0.25, 0.3) is 0 Å². The summed E-state index contributed by atoms with van der Waals surface area (Å²) in [4.78, 5) is 15.1. The predicted molar refractivity (Wildman–Crippen MR) is 137 cm³/mol. The number of morpholine rings is 1. The van der Waals surface area contributed by atoms with Crippen molar-refractivity contribution in [1.82, 2.24) is 14.5 Å². The first-order valence-electron chi connectivity index (χ1n) is 12.7. The molecule has 2 fully saturated rings. The number of aryl methyl sites for hydroxylation is 1. The zero-order chi connectivity index (χ0) is 24.5. The zero-order valence-electron chi connectivity index (χ0n) is 20.4. The van der Waals surface area contributed by atoms with E-state index in [1.54, 1.807) is 4.31 Å². The minimum atomic E-state index is -3.29. The summed E-state index contributed by atoms with van der Waals surface area (Å²) in [6.07, 6.45) is 2.51. The number of amides is 1. The molecule has 0 unspecified atom stereocenters. The molecule has 1 N–H and O–H groups in total. The summed E-state index contributed by atoms with van der Waals surface area (Å²) >= 11 is 0. The van der Waals surface area contributed by atoms with Crippen molar-refractivity contribution < 1.29 is 17.9 Å². The summed E-state index contributed by atoms with van der Waals surface area (Å²) in [5.41, 5.74) is 3.48. The molecule has 7 nitrogen and oxygen atoms in total. The number of piperidine rings is 1. The fraction of sp³-hybridized carbons (Fsp3) is 0.519. The van der Waals surface area contributed by atoms with Crippen LogP contribution in [0.1, 0.15) is 36.0 Å². The number of carbonyl (C=O) groups excluding carboxylic acids is 1. The van der Waals surface area contributed by atoms with Gasteiger partial charge in [-0.1, -0.05) is 54.6 Å². The summed E-state index contributed by atoms with van der Waals surface area (Å²) in [5, 5.41) is 3.07. The van der Waals surface area contributed by atoms with E-state index in [1.807, 2.05) is 42.5 Å². The van der Waals surface area contributed by atoms with Crippen molar-refractivity contribution in [3.63, 3.8) is 0 Å². The van der Waals surface area contributed by atoms with Crippen LogP contribution in [-0.4, -0.2) is 68.7 Å². The third kappa shape index (κ3) is 7.87. The van der Waals surface area contributed by atoms with Crippen LogP contribution in [0.15, 0.2) is 54.6 Å². The Labute approximate surface area is 209 Å². The maximum absolute atomic E-state index is 12.8. The standard InChI is InChI=1S/C27H37N3O4S/c31-27(28-21-24-8-4-9-25(20-24)22-29-15-17-34-18-16-29)26-11-13-30(14-12-26)35(32,33)19-5-10-23-6-2-1-3-7-23/h1-4,6-9,20,26H,5,10-19,21-22H2,(H,28,31). The summed E-state index contributed by atoms with van der Waals surface area (Å²) in [6, 6.07) is 18.3. The highest BCUT2D eigenvalue weighted by molar-refractivity contribution is 7.89. The van der Waals surface area contributed by atoms with E-state index >= 15 is 0 Å². The molecule has 190 valence electrons. The molecule has 0 aliphatic carbocycles. The Balaban J connectivity index is 1.19. The second kappa shape index (κ2) is 12.6. The molecule has 2 aromatic carbocycles. The van der Waals surface area contributed by atoms with Crippen LogP contribution in [0.5, 0.6) is 0 Å². The minimum Gasteiger partial charge on any atom is -0.379 e. The highest BCUT2D eigenvalue weighted by Crippen LogP contribution is 2.21. The molecule has 2 aromatic rings. The molecule has 2 saturated heterocycles. The lowest BCUT2D eigenvalue weighted by Crippen LogP contribution is -2.43. The Hall–Kier alpha value is -2.26. The zero-order valence-corrected chi connectivity index (χ0v) is 21.2. The largest absolute Gasteiger partial charge is 0.379 e. The Bertz CT molecular complexity index is 1050. The van der Waals surface area contributed by atoms with Crippen molar-refractivity contribution in [3.8, 4) is 0 Å². The van der Waals surface area contributed by atoms with E-state index in [0.29, 0.717) is 38.9 Å². The van der Waals surface area contributed by atoms with E-state index in [9.17, 15) is 13.2 Å². The van der Waals surface area contributed by atoms with E-state index in [4.69, 9.17) is 4.74 Å². The fourth-order valence-electron chi connectivity index (χ4n) is 4.82. The second-order valence-electron chi connectivity index (χ2n) is 9.50. The minimum absolute atomic E-state index is 0.0182. The van der Waals surface area contributed by atoms with Crippen LogP contribution < -0.4 is 5.32 Å². The third-order valence-electron chi connectivity index (χ3n) is 6.90. The lowest BCUT2D eigenvalue weighted by Gasteiger charge is -2.30. The number of hydrogen-bond donors (Lipinski definition) is 1. The Morgan fingerprint density at radius 3 is 2.34 bits per heavy atom. The summed E-state index contributed by atoms with van der Waals surface area (Å²) in [7, 11) is -3.29. The van der Waals surface area contributed by atoms with E-state index in [0.717, 1.165) is 50.4 Å². The maximum atomic E-state index is 12.8. The topological polar surface area (TPSA) is 79.0 Å². The van der Waals surface area contributed by atoms with E-state index in [-0.39, 0.29) is 17.6 Å². The Kier molecular flexibility index (Phi) is 9.31. The molecule has 0 radical (unpaired) electrons. The SMILES string of the molecule is O=C(NCc1cccc(CN2CCOCC2)c1)C1CCN(S(=O)(=O)CCCc2ccccc2)CC1. The van der Waals surface area contributed by atoms with Gasteiger partial charge in [-0.25, -0.2) is 12.7 Å². The monoisotopic (exact) mass is 499 g/mol. The number of nitrogens with one attached hydrogen (secondary N) is 1. The van der Waals surface area contributed by atoms with Crippen LogP contribution in [-0.2, 0) is 39.1 Å². The van der Waals surface area contributed by atoms with Gasteiger partial charge in [0.15, 0.2) is 0 Å². The Morgan fingerprint density at radius 1 is 0.914 bits per heavy atom. The predicted octanol–water partition coefficient (Wildman–Crippen LogP) is 2.81. The van der Waals surface area contributed by atoms with E-state index < -0.39 is 10.0 Å². The molecule has 1 amide bonds. The van der Waals surface area contributed by atoms with Crippen LogP contribution in [0.2, 0.25) is 0 Å². The van der Waals surface area contributed by atoms with Gasteiger partial charge in [-0.2, -0.15) is 0 Å². The molecule has 0 saturated carbocycles. The highest BCUT2D eigenvalue weighted by Gasteiger charge is 2.30. The van der Waals surface area contributed by atoms with Gasteiger partial charge < -0.3 is 10.1 Å². The molecule has 2 aliphatic heterocycles. The maximum Gasteiger partial charge on any atom is 0.223 e. The lowest BCUT2D eigenvalue weighted by atomic mass is 9.97. The molecule has 0 bridgehead atoms. The van der Waals surface area contributed by atoms with Gasteiger partial charge in [0.05, 0.1) is 19.0 Å². The van der Waals surface area contributed by atoms with Gasteiger partial charge >= 0.3 is 0 Å². The van der Waals surface area contributed by atoms with Gasteiger partial charge in [-0.3, -0.25) is 9.69 Å². The fourth-order valence-corrected chi connectivity index (χ4v) is 6.35. The van der Waals surface area contributed by atoms with E-state index in [2.05, 4.69) is 22.3 Å². The van der Waals surface area contributed by atoms with Crippen LogP contribution >= 0.6 is 0 Å². The first-order valence-corrected chi connectivity index (χ1v) is 14.3. The molecule has 0 spiro atoms. The van der Waals surface area contributed by atoms with Crippen LogP contribution in [0.4, 0.5) is 0 Å². The number of ether oxygens (including phenoxy) is 1. The molecule has 0 aromatic heterocycles. The number of benzene rings is 2. The van der Waals surface area contributed by atoms with Crippen molar-refractivity contribution >= 4 is 15.9 Å². The van der Waals surface area contributed by atoms with Crippen LogP contribution in [0.25, 0.3) is 0 Å². The van der Waals surface area contributed by atoms with Gasteiger partial charge in [0.1, 0.15) is 0 Å². The summed E-state index contributed by atoms with van der Waals surface area (Å²) < 4.78 is 32.5. The second-order valence-corrected chi connectivity index (χ2v) is 11.6. The molecule has 2 heterocycles. The van der Waals surface area contributed by atoms with Crippen LogP contribution in [0, 0.1) is 5.92 Å². The van der Waals surface area contributed by atoms with E-state index in [1.165, 1.54) is 5.56 Å². The summed E-state index contributed by atoms with van der Waals surface area (Å²) in [5.74, 6) is 0.0338. The third-order valence-corrected chi connectivity index (χ3v) is 8.85. The molecule has 4 rings (SSSR count). The average Bonchev–Trinajstić information content (AvgIpc) is 2.89. The Morgan fingerprint density at radius 2 is 1.60 bits per heavy atom. The van der Waals surface area contributed by atoms with Crippen molar-refractivity contribution in [2.75, 3.05) is 45.1 Å². The molecular weight excluding hydrogens is 462 g/mol. The van der Waals surface area contributed by atoms with Crippen molar-refractivity contribution in [2.45, 2.75) is 38.8 Å². The van der Waals surface area contributed by atoms with Crippen molar-refractivity contribution in [2.24, 2.45) is 5.92 Å². The van der Waals surface area contributed by atoms with Gasteiger partial charge in [0, 0.05) is 45.2 Å². The first-order chi connectivity index (χ1) is 17.0. The number of sulfonamides is 1. The molecular formula is C27H37N3O4S. The highest BCUT2D eigenvalue weighted by atomic mass is 32.2. The van der Waals surface area contributed by atoms with Crippen molar-refractivity contribution in [3.05, 3.63) is 71.3 Å². The number of carbonyl (C=O) groups is 1.